The van der Waals surface area contributed by atoms with Gasteiger partial charge in [-0.15, -0.1) is 0 Å². The molecule has 1 saturated heterocycles. The summed E-state index contributed by atoms with van der Waals surface area (Å²) in [5, 5.41) is 18.0. The van der Waals surface area contributed by atoms with Gasteiger partial charge in [0, 0.05) is 12.0 Å². The summed E-state index contributed by atoms with van der Waals surface area (Å²) >= 11 is 0. The minimum absolute atomic E-state index is 0.129. The fourth-order valence-corrected chi connectivity index (χ4v) is 2.63. The first-order chi connectivity index (χ1) is 9.04. The lowest BCUT2D eigenvalue weighted by molar-refractivity contribution is -0.0618. The average Bonchev–Trinajstić information content (AvgIpc) is 2.64. The number of hydrogen-bond donors (Lipinski definition) is 1. The van der Waals surface area contributed by atoms with E-state index in [1.807, 2.05) is 14.0 Å². The quantitative estimate of drug-likeness (QED) is 0.503. The molecule has 1 N–H and O–H groups in total. The number of aryl methyl sites for hydroxylation is 2. The SMILES string of the molecule is Cc1cnn(C)c1[C@@H]1CC[C@@H](N=[N+]=[N-])[C@H](O)[C@@H](C)O1. The van der Waals surface area contributed by atoms with E-state index in [2.05, 4.69) is 15.1 Å². The summed E-state index contributed by atoms with van der Waals surface area (Å²) in [4.78, 5) is 2.80. The summed E-state index contributed by atoms with van der Waals surface area (Å²) in [5.41, 5.74) is 10.6. The minimum Gasteiger partial charge on any atom is -0.390 e. The zero-order chi connectivity index (χ0) is 14.0. The van der Waals surface area contributed by atoms with Crippen molar-refractivity contribution in [2.24, 2.45) is 12.2 Å². The summed E-state index contributed by atoms with van der Waals surface area (Å²) < 4.78 is 7.71. The molecule has 0 unspecified atom stereocenters. The normalized spacial score (nSPS) is 31.6. The van der Waals surface area contributed by atoms with Crippen LogP contribution in [0, 0.1) is 6.92 Å². The van der Waals surface area contributed by atoms with Crippen molar-refractivity contribution in [1.29, 1.82) is 0 Å². The predicted molar refractivity (Wildman–Crippen MR) is 69.4 cm³/mol. The number of aromatic nitrogens is 2. The van der Waals surface area contributed by atoms with Crippen molar-refractivity contribution < 1.29 is 9.84 Å². The van der Waals surface area contributed by atoms with Gasteiger partial charge in [-0.2, -0.15) is 5.10 Å². The van der Waals surface area contributed by atoms with Crippen LogP contribution >= 0.6 is 0 Å². The Hall–Kier alpha value is -1.56. The van der Waals surface area contributed by atoms with Crippen molar-refractivity contribution in [1.82, 2.24) is 9.78 Å². The summed E-state index contributed by atoms with van der Waals surface area (Å²) in [7, 11) is 1.88. The van der Waals surface area contributed by atoms with Gasteiger partial charge in [0.2, 0.25) is 0 Å². The molecule has 19 heavy (non-hydrogen) atoms. The van der Waals surface area contributed by atoms with Crippen LogP contribution < -0.4 is 0 Å². The molecule has 1 aliphatic heterocycles. The van der Waals surface area contributed by atoms with E-state index in [-0.39, 0.29) is 12.2 Å². The molecule has 1 aliphatic rings. The number of aliphatic hydroxyl groups is 1. The first-order valence-electron chi connectivity index (χ1n) is 6.40. The molecule has 0 spiro atoms. The molecule has 7 heteroatoms. The first kappa shape index (κ1) is 13.9. The maximum Gasteiger partial charge on any atom is 0.0999 e. The fraction of sp³-hybridized carbons (Fsp3) is 0.750. The summed E-state index contributed by atoms with van der Waals surface area (Å²) in [6.45, 7) is 3.79. The van der Waals surface area contributed by atoms with Gasteiger partial charge in [-0.25, -0.2) is 0 Å². The van der Waals surface area contributed by atoms with Gasteiger partial charge in [0.05, 0.1) is 36.2 Å². The lowest BCUT2D eigenvalue weighted by atomic mass is 10.0. The molecule has 0 bridgehead atoms. The molecular weight excluding hydrogens is 246 g/mol. The monoisotopic (exact) mass is 265 g/mol. The molecule has 0 saturated carbocycles. The van der Waals surface area contributed by atoms with E-state index in [0.29, 0.717) is 12.8 Å². The Bertz CT molecular complexity index is 475. The zero-order valence-corrected chi connectivity index (χ0v) is 11.4. The molecule has 0 amide bonds. The van der Waals surface area contributed by atoms with Crippen molar-refractivity contribution >= 4 is 0 Å². The van der Waals surface area contributed by atoms with Crippen LogP contribution in [0.15, 0.2) is 11.3 Å². The molecule has 0 aliphatic carbocycles. The first-order valence-corrected chi connectivity index (χ1v) is 6.40. The maximum atomic E-state index is 10.1. The van der Waals surface area contributed by atoms with Crippen molar-refractivity contribution in [3.05, 3.63) is 27.9 Å². The molecule has 2 rings (SSSR count). The highest BCUT2D eigenvalue weighted by atomic mass is 16.5. The molecule has 1 aromatic heterocycles. The van der Waals surface area contributed by atoms with Gasteiger partial charge in [-0.3, -0.25) is 4.68 Å². The van der Waals surface area contributed by atoms with E-state index in [0.717, 1.165) is 11.3 Å². The van der Waals surface area contributed by atoms with Crippen LogP contribution in [0.1, 0.15) is 37.1 Å². The number of azide groups is 1. The Kier molecular flexibility index (Phi) is 4.09. The fourth-order valence-electron chi connectivity index (χ4n) is 2.63. The number of ether oxygens (including phenoxy) is 1. The average molecular weight is 265 g/mol. The van der Waals surface area contributed by atoms with E-state index >= 15 is 0 Å². The summed E-state index contributed by atoms with van der Waals surface area (Å²) in [5.74, 6) is 0. The standard InChI is InChI=1S/C12H19N5O2/c1-7-6-14-17(3)11(7)10-5-4-9(15-16-13)12(18)8(2)19-10/h6,8-10,12,18H,4-5H2,1-3H3/t8-,9-,10+,12-/m1/s1. The van der Waals surface area contributed by atoms with Crippen molar-refractivity contribution in [3.8, 4) is 0 Å². The Balaban J connectivity index is 2.24. The van der Waals surface area contributed by atoms with Crippen LogP contribution in [0.25, 0.3) is 10.4 Å². The minimum atomic E-state index is -0.769. The van der Waals surface area contributed by atoms with E-state index in [4.69, 9.17) is 10.3 Å². The van der Waals surface area contributed by atoms with Gasteiger partial charge >= 0.3 is 0 Å². The third kappa shape index (κ3) is 2.73. The van der Waals surface area contributed by atoms with Gasteiger partial charge in [-0.05, 0) is 37.8 Å². The number of hydrogen-bond acceptors (Lipinski definition) is 4. The molecule has 1 aromatic rings. The molecule has 0 aromatic carbocycles. The van der Waals surface area contributed by atoms with Crippen LogP contribution in [0.2, 0.25) is 0 Å². The molecule has 2 heterocycles. The Morgan fingerprint density at radius 1 is 1.58 bits per heavy atom. The Morgan fingerprint density at radius 3 is 2.89 bits per heavy atom. The highest BCUT2D eigenvalue weighted by Gasteiger charge is 2.33. The Morgan fingerprint density at radius 2 is 2.32 bits per heavy atom. The molecule has 4 atom stereocenters. The van der Waals surface area contributed by atoms with Crippen molar-refractivity contribution in [3.63, 3.8) is 0 Å². The van der Waals surface area contributed by atoms with Crippen molar-refractivity contribution in [2.45, 2.75) is 51.0 Å². The van der Waals surface area contributed by atoms with E-state index in [9.17, 15) is 5.11 Å². The second-order valence-corrected chi connectivity index (χ2v) is 5.01. The number of nitrogens with zero attached hydrogens (tertiary/aromatic N) is 5. The van der Waals surface area contributed by atoms with Gasteiger partial charge in [0.25, 0.3) is 0 Å². The highest BCUT2D eigenvalue weighted by molar-refractivity contribution is 5.18. The number of aliphatic hydroxyl groups excluding tert-OH is 1. The van der Waals surface area contributed by atoms with E-state index in [1.54, 1.807) is 17.8 Å². The second kappa shape index (κ2) is 5.61. The van der Waals surface area contributed by atoms with Crippen LogP contribution in [0.4, 0.5) is 0 Å². The van der Waals surface area contributed by atoms with Gasteiger partial charge in [0.15, 0.2) is 0 Å². The van der Waals surface area contributed by atoms with Gasteiger partial charge in [0.1, 0.15) is 0 Å². The van der Waals surface area contributed by atoms with E-state index in [1.165, 1.54) is 0 Å². The highest BCUT2D eigenvalue weighted by Crippen LogP contribution is 2.32. The smallest absolute Gasteiger partial charge is 0.0999 e. The molecule has 104 valence electrons. The lowest BCUT2D eigenvalue weighted by Gasteiger charge is -2.23. The van der Waals surface area contributed by atoms with Crippen LogP contribution in [0.5, 0.6) is 0 Å². The van der Waals surface area contributed by atoms with Crippen LogP contribution in [0.3, 0.4) is 0 Å². The maximum absolute atomic E-state index is 10.1. The predicted octanol–water partition coefficient (Wildman–Crippen LogP) is 2.01. The van der Waals surface area contributed by atoms with Crippen LogP contribution in [-0.4, -0.2) is 33.1 Å². The zero-order valence-electron chi connectivity index (χ0n) is 11.4. The molecule has 7 nitrogen and oxygen atoms in total. The lowest BCUT2D eigenvalue weighted by Crippen LogP contribution is -2.34. The largest absolute Gasteiger partial charge is 0.390 e. The van der Waals surface area contributed by atoms with Gasteiger partial charge in [-0.1, -0.05) is 5.11 Å². The van der Waals surface area contributed by atoms with Crippen LogP contribution in [-0.2, 0) is 11.8 Å². The molecule has 1 fully saturated rings. The Labute approximate surface area is 111 Å². The number of rotatable bonds is 2. The third-order valence-corrected chi connectivity index (χ3v) is 3.66. The topological polar surface area (TPSA) is 96.0 Å². The summed E-state index contributed by atoms with van der Waals surface area (Å²) in [6.07, 6.45) is 1.83. The van der Waals surface area contributed by atoms with Crippen molar-refractivity contribution in [2.75, 3.05) is 0 Å². The molecule has 0 radical (unpaired) electrons. The summed E-state index contributed by atoms with van der Waals surface area (Å²) in [6, 6.07) is -0.432. The van der Waals surface area contributed by atoms with E-state index < -0.39 is 12.1 Å². The van der Waals surface area contributed by atoms with Gasteiger partial charge < -0.3 is 9.84 Å². The third-order valence-electron chi connectivity index (χ3n) is 3.66. The molecular formula is C12H19N5O2. The second-order valence-electron chi connectivity index (χ2n) is 5.01.